The molecule has 0 aliphatic carbocycles. The van der Waals surface area contributed by atoms with Crippen molar-refractivity contribution in [2.75, 3.05) is 0 Å². The zero-order valence-electron chi connectivity index (χ0n) is 2.32. The van der Waals surface area contributed by atoms with Crippen molar-refractivity contribution >= 4 is 0 Å². The molecule has 0 fully saturated rings. The van der Waals surface area contributed by atoms with Crippen molar-refractivity contribution in [3.8, 4) is 0 Å². The van der Waals surface area contributed by atoms with E-state index in [0.29, 0.717) is 0 Å². The van der Waals surface area contributed by atoms with Crippen LogP contribution in [-0.2, 0) is 37.2 Å². The summed E-state index contributed by atoms with van der Waals surface area (Å²) in [6.45, 7) is 0. The fraction of sp³-hybridized carbons (Fsp3) is 0. The van der Waals surface area contributed by atoms with Gasteiger partial charge in [-0.05, 0) is 0 Å². The van der Waals surface area contributed by atoms with Gasteiger partial charge in [-0.2, -0.15) is 0 Å². The number of rotatable bonds is 0. The third kappa shape index (κ3) is 67.0. The smallest absolute Gasteiger partial charge is 2.00 e. The van der Waals surface area contributed by atoms with Gasteiger partial charge in [-0.25, -0.2) is 0 Å². The monoisotopic (exact) mass is 158 g/mol. The Morgan fingerprint density at radius 2 is 0.600 bits per heavy atom. The topological polar surface area (TPSA) is 120 Å². The van der Waals surface area contributed by atoms with Crippen molar-refractivity contribution in [3.63, 3.8) is 0 Å². The van der Waals surface area contributed by atoms with Gasteiger partial charge in [-0.15, -0.1) is 0 Å². The molecule has 0 amide bonds. The Morgan fingerprint density at radius 3 is 0.600 bits per heavy atom. The van der Waals surface area contributed by atoms with E-state index in [9.17, 15) is 0 Å². The fourth-order valence-corrected chi connectivity index (χ4v) is 0. The van der Waals surface area contributed by atoms with Crippen molar-refractivity contribution in [2.45, 2.75) is 0 Å². The largest absolute Gasteiger partial charge is 4.00 e. The molecule has 0 unspecified atom stereocenters. The SMILES string of the molecule is O.O.[O-2].[O-2].[Zr+4]. The van der Waals surface area contributed by atoms with Crippen molar-refractivity contribution < 1.29 is 48.1 Å². The minimum absolute atomic E-state index is 0. The second-order valence-corrected chi connectivity index (χ2v) is 0. The average molecular weight is 159 g/mol. The first kappa shape index (κ1) is 244. The molecule has 0 aromatic rings. The zero-order chi connectivity index (χ0) is 0. The van der Waals surface area contributed by atoms with Gasteiger partial charge in [-0.3, -0.25) is 0 Å². The molecule has 0 radical (unpaired) electrons. The van der Waals surface area contributed by atoms with Crippen LogP contribution in [0.15, 0.2) is 0 Å². The maximum atomic E-state index is 0. The first-order valence-corrected chi connectivity index (χ1v) is 0. The van der Waals surface area contributed by atoms with Gasteiger partial charge in [0.1, 0.15) is 0 Å². The predicted molar refractivity (Wildman–Crippen MR) is 8.60 cm³/mol. The van der Waals surface area contributed by atoms with Gasteiger partial charge in [-0.1, -0.05) is 0 Å². The first-order valence-electron chi connectivity index (χ1n) is 0. The van der Waals surface area contributed by atoms with Crippen molar-refractivity contribution in [2.24, 2.45) is 0 Å². The van der Waals surface area contributed by atoms with E-state index in [2.05, 4.69) is 0 Å². The molecule has 0 bridgehead atoms. The Morgan fingerprint density at radius 1 is 0.600 bits per heavy atom. The van der Waals surface area contributed by atoms with Gasteiger partial charge in [0.15, 0.2) is 0 Å². The molecule has 0 aromatic carbocycles. The molecule has 0 rings (SSSR count). The molecule has 0 aliphatic rings. The van der Waals surface area contributed by atoms with E-state index in [-0.39, 0.29) is 48.1 Å². The van der Waals surface area contributed by atoms with Gasteiger partial charge in [0.2, 0.25) is 0 Å². The van der Waals surface area contributed by atoms with E-state index in [1.807, 2.05) is 0 Å². The standard InChI is InChI=1S/2H2O.2O.Zr/h2*1H2;;;/q;;2*-2;+4. The number of hydrogen-bond donors (Lipinski definition) is 0. The Labute approximate surface area is 48.5 Å². The summed E-state index contributed by atoms with van der Waals surface area (Å²) in [7, 11) is 0. The van der Waals surface area contributed by atoms with E-state index < -0.39 is 0 Å². The Kier molecular flexibility index (Phi) is 6110. The maximum Gasteiger partial charge on any atom is 4.00 e. The summed E-state index contributed by atoms with van der Waals surface area (Å²) in [5.74, 6) is 0. The Bertz CT molecular complexity index is 3.61. The van der Waals surface area contributed by atoms with Crippen LogP contribution in [0.25, 0.3) is 0 Å². The summed E-state index contributed by atoms with van der Waals surface area (Å²) in [5.41, 5.74) is 0. The molecule has 0 atom stereocenters. The van der Waals surface area contributed by atoms with Crippen molar-refractivity contribution in [1.29, 1.82) is 0 Å². The summed E-state index contributed by atoms with van der Waals surface area (Å²) in [4.78, 5) is 0. The summed E-state index contributed by atoms with van der Waals surface area (Å²) in [6, 6.07) is 0. The summed E-state index contributed by atoms with van der Waals surface area (Å²) < 4.78 is 0. The second kappa shape index (κ2) is 125. The van der Waals surface area contributed by atoms with Crippen LogP contribution in [0.3, 0.4) is 0 Å². The van der Waals surface area contributed by atoms with Crippen LogP contribution >= 0.6 is 0 Å². The van der Waals surface area contributed by atoms with Crippen LogP contribution in [0, 0.1) is 0 Å². The molecule has 0 saturated heterocycles. The minimum Gasteiger partial charge on any atom is -2.00 e. The van der Waals surface area contributed by atoms with E-state index in [0.717, 1.165) is 0 Å². The molecule has 0 aromatic heterocycles. The van der Waals surface area contributed by atoms with Crippen LogP contribution in [-0.4, -0.2) is 11.0 Å². The van der Waals surface area contributed by atoms with Gasteiger partial charge in [0, 0.05) is 0 Å². The normalized spacial score (nSPS) is 0. The van der Waals surface area contributed by atoms with Gasteiger partial charge in [0.05, 0.1) is 0 Å². The minimum atomic E-state index is 0. The maximum absolute atomic E-state index is 0. The molecule has 5 heavy (non-hydrogen) atoms. The van der Waals surface area contributed by atoms with Crippen molar-refractivity contribution in [1.82, 2.24) is 0 Å². The van der Waals surface area contributed by atoms with Crippen molar-refractivity contribution in [3.05, 3.63) is 0 Å². The Balaban J connectivity index is 0. The van der Waals surface area contributed by atoms with E-state index in [1.54, 1.807) is 0 Å². The third-order valence-electron chi connectivity index (χ3n) is 0. The molecule has 0 aliphatic heterocycles. The quantitative estimate of drug-likeness (QED) is 0.392. The molecule has 0 spiro atoms. The molecule has 0 saturated carbocycles. The molecule has 32 valence electrons. The summed E-state index contributed by atoms with van der Waals surface area (Å²) in [6.07, 6.45) is 0. The van der Waals surface area contributed by atoms with Crippen LogP contribution in [0.2, 0.25) is 0 Å². The van der Waals surface area contributed by atoms with E-state index >= 15 is 0 Å². The van der Waals surface area contributed by atoms with Gasteiger partial charge in [0.25, 0.3) is 0 Å². The van der Waals surface area contributed by atoms with Gasteiger partial charge >= 0.3 is 26.2 Å². The Hall–Kier alpha value is 0.723. The molecular weight excluding hydrogens is 155 g/mol. The first-order chi connectivity index (χ1) is 0. The van der Waals surface area contributed by atoms with Gasteiger partial charge < -0.3 is 21.9 Å². The van der Waals surface area contributed by atoms with Crippen LogP contribution in [0.4, 0.5) is 0 Å². The second-order valence-electron chi connectivity index (χ2n) is 0. The van der Waals surface area contributed by atoms with Crippen LogP contribution in [0.5, 0.6) is 0 Å². The molecular formula is H4O4Zr. The molecule has 4 N–H and O–H groups in total. The zero-order valence-corrected chi connectivity index (χ0v) is 4.77. The summed E-state index contributed by atoms with van der Waals surface area (Å²) in [5, 5.41) is 0. The third-order valence-corrected chi connectivity index (χ3v) is 0. The molecule has 0 heterocycles. The van der Waals surface area contributed by atoms with E-state index in [4.69, 9.17) is 0 Å². The van der Waals surface area contributed by atoms with Crippen LogP contribution < -0.4 is 0 Å². The predicted octanol–water partition coefficient (Wildman–Crippen LogP) is -1.89. The molecule has 4 nitrogen and oxygen atoms in total. The molecule has 5 heteroatoms. The van der Waals surface area contributed by atoms with Crippen LogP contribution in [0.1, 0.15) is 0 Å². The van der Waals surface area contributed by atoms with E-state index in [1.165, 1.54) is 0 Å². The average Bonchev–Trinajstić information content (AvgIpc) is 0. The number of hydrogen-bond acceptors (Lipinski definition) is 0. The fourth-order valence-electron chi connectivity index (χ4n) is 0. The summed E-state index contributed by atoms with van der Waals surface area (Å²) >= 11 is 0.